The lowest BCUT2D eigenvalue weighted by Gasteiger charge is -2.05. The van der Waals surface area contributed by atoms with Crippen LogP contribution in [0.4, 0.5) is 0 Å². The second-order valence-corrected chi connectivity index (χ2v) is 3.51. The number of nitrogens with zero attached hydrogens (tertiary/aromatic N) is 3. The van der Waals surface area contributed by atoms with Crippen LogP contribution in [0.3, 0.4) is 0 Å². The number of nitrogens with two attached hydrogens (primary N) is 1. The normalized spacial score (nSPS) is 10.6. The van der Waals surface area contributed by atoms with Crippen molar-refractivity contribution in [2.75, 3.05) is 0 Å². The lowest BCUT2D eigenvalue weighted by Crippen LogP contribution is -2.02. The minimum absolute atomic E-state index is 0.530. The van der Waals surface area contributed by atoms with Gasteiger partial charge < -0.3 is 5.73 Å². The van der Waals surface area contributed by atoms with E-state index in [0.29, 0.717) is 6.54 Å². The summed E-state index contributed by atoms with van der Waals surface area (Å²) in [5, 5.41) is 0. The van der Waals surface area contributed by atoms with Gasteiger partial charge in [0.15, 0.2) is 0 Å². The molecule has 0 aliphatic carbocycles. The minimum atomic E-state index is 0.530. The van der Waals surface area contributed by atoms with E-state index in [2.05, 4.69) is 9.97 Å². The molecule has 0 amide bonds. The van der Waals surface area contributed by atoms with Crippen molar-refractivity contribution in [1.29, 1.82) is 0 Å². The average Bonchev–Trinajstić information content (AvgIpc) is 2.60. The molecule has 4 heteroatoms. The molecule has 2 rings (SSSR count). The molecule has 0 aliphatic rings. The van der Waals surface area contributed by atoms with Gasteiger partial charge in [0.05, 0.1) is 5.69 Å². The van der Waals surface area contributed by atoms with Crippen molar-refractivity contribution in [2.24, 2.45) is 5.73 Å². The topological polar surface area (TPSA) is 56.7 Å². The molecular weight excluding hydrogens is 188 g/mol. The van der Waals surface area contributed by atoms with E-state index in [9.17, 15) is 0 Å². The molecule has 0 aliphatic heterocycles. The lowest BCUT2D eigenvalue weighted by molar-refractivity contribution is 0.936. The Bertz CT molecular complexity index is 473. The van der Waals surface area contributed by atoms with Crippen LogP contribution in [-0.2, 0) is 6.54 Å². The predicted molar refractivity (Wildman–Crippen MR) is 58.7 cm³/mol. The van der Waals surface area contributed by atoms with Crippen LogP contribution < -0.4 is 5.73 Å². The first-order valence-corrected chi connectivity index (χ1v) is 4.88. The maximum Gasteiger partial charge on any atom is 0.138 e. The van der Waals surface area contributed by atoms with Gasteiger partial charge in [-0.25, -0.2) is 9.97 Å². The van der Waals surface area contributed by atoms with Crippen LogP contribution in [0.15, 0.2) is 24.7 Å². The molecule has 0 radical (unpaired) electrons. The highest BCUT2D eigenvalue weighted by atomic mass is 15.1. The number of hydrogen-bond acceptors (Lipinski definition) is 3. The zero-order chi connectivity index (χ0) is 10.8. The molecule has 15 heavy (non-hydrogen) atoms. The smallest absolute Gasteiger partial charge is 0.138 e. The van der Waals surface area contributed by atoms with Crippen LogP contribution >= 0.6 is 0 Å². The summed E-state index contributed by atoms with van der Waals surface area (Å²) in [6.07, 6.45) is 3.56. The van der Waals surface area contributed by atoms with Gasteiger partial charge in [-0.2, -0.15) is 0 Å². The molecule has 2 aromatic rings. The fourth-order valence-corrected chi connectivity index (χ4v) is 1.45. The Balaban J connectivity index is 2.49. The number of aryl methyl sites for hydroxylation is 1. The summed E-state index contributed by atoms with van der Waals surface area (Å²) in [5.41, 5.74) is 8.79. The van der Waals surface area contributed by atoms with Crippen molar-refractivity contribution in [3.8, 4) is 5.82 Å². The van der Waals surface area contributed by atoms with Crippen LogP contribution in [0.1, 0.15) is 17.0 Å². The summed E-state index contributed by atoms with van der Waals surface area (Å²) < 4.78 is 1.97. The van der Waals surface area contributed by atoms with Gasteiger partial charge in [-0.05, 0) is 31.5 Å². The molecule has 4 nitrogen and oxygen atoms in total. The van der Waals surface area contributed by atoms with Gasteiger partial charge >= 0.3 is 0 Å². The van der Waals surface area contributed by atoms with Crippen LogP contribution in [-0.4, -0.2) is 14.5 Å². The minimum Gasteiger partial charge on any atom is -0.326 e. The molecule has 0 bridgehead atoms. The number of hydrogen-bond donors (Lipinski definition) is 1. The highest BCUT2D eigenvalue weighted by molar-refractivity contribution is 5.31. The maximum atomic E-state index is 5.59. The molecule has 0 fully saturated rings. The SMILES string of the molecule is Cc1ncn(-c2cc(CN)ccn2)c1C. The summed E-state index contributed by atoms with van der Waals surface area (Å²) >= 11 is 0. The van der Waals surface area contributed by atoms with Crippen molar-refractivity contribution >= 4 is 0 Å². The van der Waals surface area contributed by atoms with Gasteiger partial charge in [0, 0.05) is 18.4 Å². The Morgan fingerprint density at radius 1 is 1.33 bits per heavy atom. The van der Waals surface area contributed by atoms with E-state index in [1.807, 2.05) is 30.5 Å². The first-order chi connectivity index (χ1) is 7.22. The molecule has 0 spiro atoms. The van der Waals surface area contributed by atoms with Crippen molar-refractivity contribution in [3.63, 3.8) is 0 Å². The van der Waals surface area contributed by atoms with Crippen molar-refractivity contribution < 1.29 is 0 Å². The molecule has 0 unspecified atom stereocenters. The van der Waals surface area contributed by atoms with Crippen molar-refractivity contribution in [1.82, 2.24) is 14.5 Å². The molecule has 0 atom stereocenters. The number of aromatic nitrogens is 3. The molecule has 78 valence electrons. The molecule has 2 N–H and O–H groups in total. The monoisotopic (exact) mass is 202 g/mol. The summed E-state index contributed by atoms with van der Waals surface area (Å²) in [4.78, 5) is 8.54. The summed E-state index contributed by atoms with van der Waals surface area (Å²) in [6.45, 7) is 4.54. The van der Waals surface area contributed by atoms with E-state index in [1.165, 1.54) is 0 Å². The third kappa shape index (κ3) is 1.76. The van der Waals surface area contributed by atoms with E-state index >= 15 is 0 Å². The predicted octanol–water partition coefficient (Wildman–Crippen LogP) is 1.34. The molecule has 2 heterocycles. The fourth-order valence-electron chi connectivity index (χ4n) is 1.45. The highest BCUT2D eigenvalue weighted by Gasteiger charge is 2.05. The fraction of sp³-hybridized carbons (Fsp3) is 0.273. The Morgan fingerprint density at radius 3 is 2.73 bits per heavy atom. The Labute approximate surface area is 88.8 Å². The van der Waals surface area contributed by atoms with E-state index in [4.69, 9.17) is 5.73 Å². The maximum absolute atomic E-state index is 5.59. The average molecular weight is 202 g/mol. The van der Waals surface area contributed by atoms with Gasteiger partial charge in [-0.3, -0.25) is 4.57 Å². The third-order valence-corrected chi connectivity index (χ3v) is 2.54. The third-order valence-electron chi connectivity index (χ3n) is 2.54. The quantitative estimate of drug-likeness (QED) is 0.799. The van der Waals surface area contributed by atoms with E-state index in [-0.39, 0.29) is 0 Å². The van der Waals surface area contributed by atoms with Crippen LogP contribution in [0.2, 0.25) is 0 Å². The van der Waals surface area contributed by atoms with Crippen LogP contribution in [0.5, 0.6) is 0 Å². The van der Waals surface area contributed by atoms with Crippen molar-refractivity contribution in [3.05, 3.63) is 41.6 Å². The van der Waals surface area contributed by atoms with Gasteiger partial charge in [-0.15, -0.1) is 0 Å². The van der Waals surface area contributed by atoms with E-state index in [0.717, 1.165) is 22.8 Å². The van der Waals surface area contributed by atoms with E-state index < -0.39 is 0 Å². The number of pyridine rings is 1. The summed E-state index contributed by atoms with van der Waals surface area (Å²) in [5.74, 6) is 0.871. The first-order valence-electron chi connectivity index (χ1n) is 4.88. The molecule has 0 saturated carbocycles. The Morgan fingerprint density at radius 2 is 2.13 bits per heavy atom. The summed E-state index contributed by atoms with van der Waals surface area (Å²) in [6, 6.07) is 3.90. The molecular formula is C11H14N4. The van der Waals surface area contributed by atoms with Gasteiger partial charge in [0.2, 0.25) is 0 Å². The Kier molecular flexibility index (Phi) is 2.51. The number of rotatable bonds is 2. The molecule has 0 aromatic carbocycles. The van der Waals surface area contributed by atoms with Gasteiger partial charge in [0.1, 0.15) is 12.1 Å². The molecule has 0 saturated heterocycles. The largest absolute Gasteiger partial charge is 0.326 e. The standard InChI is InChI=1S/C11H14N4/c1-8-9(2)15(7-14-8)11-5-10(6-12)3-4-13-11/h3-5,7H,6,12H2,1-2H3. The van der Waals surface area contributed by atoms with Crippen molar-refractivity contribution in [2.45, 2.75) is 20.4 Å². The van der Waals surface area contributed by atoms with Crippen LogP contribution in [0.25, 0.3) is 5.82 Å². The Hall–Kier alpha value is -1.68. The van der Waals surface area contributed by atoms with E-state index in [1.54, 1.807) is 12.5 Å². The van der Waals surface area contributed by atoms with Crippen LogP contribution in [0, 0.1) is 13.8 Å². The number of imidazole rings is 1. The lowest BCUT2D eigenvalue weighted by atomic mass is 10.2. The second-order valence-electron chi connectivity index (χ2n) is 3.51. The zero-order valence-electron chi connectivity index (χ0n) is 8.94. The highest BCUT2D eigenvalue weighted by Crippen LogP contribution is 2.12. The second kappa shape index (κ2) is 3.82. The molecule has 2 aromatic heterocycles. The first kappa shape index (κ1) is 9.86. The van der Waals surface area contributed by atoms with Gasteiger partial charge in [-0.1, -0.05) is 0 Å². The summed E-state index contributed by atoms with van der Waals surface area (Å²) in [7, 11) is 0. The zero-order valence-corrected chi connectivity index (χ0v) is 8.94. The van der Waals surface area contributed by atoms with Gasteiger partial charge in [0.25, 0.3) is 0 Å².